The molecule has 0 saturated heterocycles. The van der Waals surface area contributed by atoms with Gasteiger partial charge in [0.05, 0.1) is 17.9 Å². The molecule has 1 atom stereocenters. The fourth-order valence-electron chi connectivity index (χ4n) is 3.62. The van der Waals surface area contributed by atoms with Crippen LogP contribution in [0.15, 0.2) is 42.5 Å². The second kappa shape index (κ2) is 10.9. The van der Waals surface area contributed by atoms with Crippen molar-refractivity contribution in [3.05, 3.63) is 59.3 Å². The summed E-state index contributed by atoms with van der Waals surface area (Å²) >= 11 is 0. The quantitative estimate of drug-likeness (QED) is 0.317. The molecule has 0 saturated carbocycles. The van der Waals surface area contributed by atoms with Crippen LogP contribution in [0.1, 0.15) is 27.7 Å². The number of ether oxygens (including phenoxy) is 1. The van der Waals surface area contributed by atoms with Crippen molar-refractivity contribution in [2.24, 2.45) is 7.05 Å². The van der Waals surface area contributed by atoms with Crippen LogP contribution in [0.25, 0.3) is 10.9 Å². The van der Waals surface area contributed by atoms with Crippen molar-refractivity contribution in [1.82, 2.24) is 9.88 Å². The lowest BCUT2D eigenvalue weighted by molar-refractivity contribution is 0.0686. The highest BCUT2D eigenvalue weighted by Crippen LogP contribution is 2.28. The SMILES string of the molecule is Cc1c(C(=O)O)n(C)c2cc(OCCNC[C@H](O)c3cccc(NS(C)(=O)=O)c3)ccc12.Cl. The highest BCUT2D eigenvalue weighted by molar-refractivity contribution is 7.92. The van der Waals surface area contributed by atoms with Gasteiger partial charge in [0.15, 0.2) is 0 Å². The zero-order chi connectivity index (χ0) is 23.5. The van der Waals surface area contributed by atoms with Crippen LogP contribution in [0.4, 0.5) is 5.69 Å². The molecule has 0 bridgehead atoms. The first-order chi connectivity index (χ1) is 15.1. The number of aryl methyl sites for hydroxylation is 2. The van der Waals surface area contributed by atoms with Crippen molar-refractivity contribution in [3.8, 4) is 5.75 Å². The van der Waals surface area contributed by atoms with E-state index in [2.05, 4.69) is 10.0 Å². The molecule has 9 nitrogen and oxygen atoms in total. The van der Waals surface area contributed by atoms with Gasteiger partial charge in [-0.2, -0.15) is 0 Å². The van der Waals surface area contributed by atoms with Gasteiger partial charge in [-0.1, -0.05) is 12.1 Å². The molecule has 3 rings (SSSR count). The number of sulfonamides is 1. The molecule has 0 radical (unpaired) electrons. The lowest BCUT2D eigenvalue weighted by Crippen LogP contribution is -2.26. The van der Waals surface area contributed by atoms with E-state index in [-0.39, 0.29) is 24.6 Å². The minimum atomic E-state index is -3.39. The number of halogens is 1. The van der Waals surface area contributed by atoms with Gasteiger partial charge in [-0.3, -0.25) is 4.72 Å². The molecule has 2 aromatic carbocycles. The molecule has 1 heterocycles. The number of aromatic nitrogens is 1. The van der Waals surface area contributed by atoms with E-state index in [9.17, 15) is 23.4 Å². The Bertz CT molecular complexity index is 1240. The molecule has 0 spiro atoms. The van der Waals surface area contributed by atoms with Gasteiger partial charge in [-0.25, -0.2) is 13.2 Å². The van der Waals surface area contributed by atoms with E-state index in [0.29, 0.717) is 35.7 Å². The third kappa shape index (κ3) is 6.61. The molecule has 0 aliphatic heterocycles. The highest BCUT2D eigenvalue weighted by atomic mass is 35.5. The predicted octanol–water partition coefficient (Wildman–Crippen LogP) is 2.68. The van der Waals surface area contributed by atoms with Crippen LogP contribution in [0.5, 0.6) is 5.75 Å². The summed E-state index contributed by atoms with van der Waals surface area (Å²) in [5.41, 5.74) is 2.73. The number of nitrogens with zero attached hydrogens (tertiary/aromatic N) is 1. The number of rotatable bonds is 10. The number of anilines is 1. The molecular formula is C22H28ClN3O6S. The van der Waals surface area contributed by atoms with Crippen molar-refractivity contribution in [1.29, 1.82) is 0 Å². The molecule has 0 amide bonds. The Morgan fingerprint density at radius 3 is 2.61 bits per heavy atom. The highest BCUT2D eigenvalue weighted by Gasteiger charge is 2.17. The van der Waals surface area contributed by atoms with E-state index in [1.165, 1.54) is 0 Å². The number of aliphatic hydroxyl groups excluding tert-OH is 1. The molecule has 0 unspecified atom stereocenters. The molecule has 33 heavy (non-hydrogen) atoms. The molecule has 0 aliphatic rings. The Labute approximate surface area is 198 Å². The molecule has 1 aromatic heterocycles. The van der Waals surface area contributed by atoms with Crippen molar-refractivity contribution in [2.75, 3.05) is 30.7 Å². The number of fused-ring (bicyclic) bond motifs is 1. The average Bonchev–Trinajstić information content (AvgIpc) is 2.96. The third-order valence-corrected chi connectivity index (χ3v) is 5.69. The maximum absolute atomic E-state index is 11.5. The van der Waals surface area contributed by atoms with Crippen LogP contribution in [0.3, 0.4) is 0 Å². The van der Waals surface area contributed by atoms with Crippen LogP contribution in [-0.4, -0.2) is 55.1 Å². The average molecular weight is 498 g/mol. The number of benzene rings is 2. The van der Waals surface area contributed by atoms with Crippen LogP contribution in [0.2, 0.25) is 0 Å². The maximum Gasteiger partial charge on any atom is 0.352 e. The van der Waals surface area contributed by atoms with Crippen molar-refractivity contribution in [2.45, 2.75) is 13.0 Å². The van der Waals surface area contributed by atoms with Gasteiger partial charge < -0.3 is 24.8 Å². The van der Waals surface area contributed by atoms with Crippen molar-refractivity contribution in [3.63, 3.8) is 0 Å². The summed E-state index contributed by atoms with van der Waals surface area (Å²) in [4.78, 5) is 11.5. The lowest BCUT2D eigenvalue weighted by atomic mass is 10.1. The van der Waals surface area contributed by atoms with E-state index >= 15 is 0 Å². The smallest absolute Gasteiger partial charge is 0.352 e. The van der Waals surface area contributed by atoms with E-state index in [0.717, 1.165) is 17.2 Å². The van der Waals surface area contributed by atoms with Gasteiger partial charge in [0.25, 0.3) is 0 Å². The summed E-state index contributed by atoms with van der Waals surface area (Å²) in [7, 11) is -1.67. The van der Waals surface area contributed by atoms with Gasteiger partial charge in [0, 0.05) is 37.3 Å². The number of carboxylic acid groups (broad SMARTS) is 1. The molecule has 3 aromatic rings. The standard InChI is InChI=1S/C22H27N3O6S.ClH/c1-14-18-8-7-17(12-19(18)25(2)21(14)22(27)28)31-10-9-23-13-20(26)15-5-4-6-16(11-15)24-32(3,29)30;/h4-8,11-12,20,23-24,26H,9-10,13H2,1-3H3,(H,27,28);1H/t20-;/m0./s1. The Morgan fingerprint density at radius 2 is 1.94 bits per heavy atom. The molecule has 11 heteroatoms. The van der Waals surface area contributed by atoms with Gasteiger partial charge in [-0.05, 0) is 42.3 Å². The van der Waals surface area contributed by atoms with E-state index in [4.69, 9.17) is 4.74 Å². The predicted molar refractivity (Wildman–Crippen MR) is 130 cm³/mol. The second-order valence-electron chi connectivity index (χ2n) is 7.58. The minimum Gasteiger partial charge on any atom is -0.492 e. The molecule has 0 aliphatic carbocycles. The van der Waals surface area contributed by atoms with Gasteiger partial charge in [-0.15, -0.1) is 12.4 Å². The van der Waals surface area contributed by atoms with Gasteiger partial charge in [0.2, 0.25) is 10.0 Å². The Balaban J connectivity index is 0.00000385. The summed E-state index contributed by atoms with van der Waals surface area (Å²) in [6.45, 7) is 2.88. The monoisotopic (exact) mass is 497 g/mol. The first-order valence-electron chi connectivity index (χ1n) is 9.98. The largest absolute Gasteiger partial charge is 0.492 e. The number of hydrogen-bond donors (Lipinski definition) is 4. The number of hydrogen-bond acceptors (Lipinski definition) is 6. The Morgan fingerprint density at radius 1 is 1.21 bits per heavy atom. The van der Waals surface area contributed by atoms with Crippen LogP contribution >= 0.6 is 12.4 Å². The molecule has 0 fully saturated rings. The van der Waals surface area contributed by atoms with Crippen LogP contribution in [-0.2, 0) is 17.1 Å². The summed E-state index contributed by atoms with van der Waals surface area (Å²) < 4.78 is 32.5. The zero-order valence-corrected chi connectivity index (χ0v) is 20.2. The fraction of sp³-hybridized carbons (Fsp3) is 0.318. The summed E-state index contributed by atoms with van der Waals surface area (Å²) in [6.07, 6.45) is 0.257. The van der Waals surface area contributed by atoms with E-state index < -0.39 is 22.1 Å². The summed E-state index contributed by atoms with van der Waals surface area (Å²) in [5, 5.41) is 23.7. The van der Waals surface area contributed by atoms with E-state index in [1.807, 2.05) is 12.1 Å². The summed E-state index contributed by atoms with van der Waals surface area (Å²) in [5.74, 6) is -0.346. The first kappa shape index (κ1) is 26.5. The molecular weight excluding hydrogens is 470 g/mol. The van der Waals surface area contributed by atoms with E-state index in [1.54, 1.807) is 48.9 Å². The number of carboxylic acids is 1. The summed E-state index contributed by atoms with van der Waals surface area (Å²) in [6, 6.07) is 12.1. The van der Waals surface area contributed by atoms with Crippen molar-refractivity contribution >= 4 is 45.0 Å². The van der Waals surface area contributed by atoms with Gasteiger partial charge in [0.1, 0.15) is 18.1 Å². The van der Waals surface area contributed by atoms with Crippen LogP contribution in [0, 0.1) is 6.92 Å². The topological polar surface area (TPSA) is 130 Å². The number of carbonyl (C=O) groups is 1. The minimum absolute atomic E-state index is 0. The fourth-order valence-corrected chi connectivity index (χ4v) is 4.18. The molecule has 4 N–H and O–H groups in total. The Kier molecular flexibility index (Phi) is 8.73. The first-order valence-corrected chi connectivity index (χ1v) is 11.9. The molecule has 180 valence electrons. The number of aliphatic hydroxyl groups is 1. The zero-order valence-electron chi connectivity index (χ0n) is 18.5. The second-order valence-corrected chi connectivity index (χ2v) is 9.33. The number of aromatic carboxylic acids is 1. The lowest BCUT2D eigenvalue weighted by Gasteiger charge is -2.14. The Hall–Kier alpha value is -2.79. The van der Waals surface area contributed by atoms with Gasteiger partial charge >= 0.3 is 5.97 Å². The number of nitrogens with one attached hydrogen (secondary N) is 2. The maximum atomic E-state index is 11.5. The van der Waals surface area contributed by atoms with Crippen LogP contribution < -0.4 is 14.8 Å². The third-order valence-electron chi connectivity index (χ3n) is 5.09. The van der Waals surface area contributed by atoms with Crippen molar-refractivity contribution < 1.29 is 28.2 Å². The normalized spacial score (nSPS) is 12.2.